The quantitative estimate of drug-likeness (QED) is 0.314. The lowest BCUT2D eigenvalue weighted by Crippen LogP contribution is -2.36. The van der Waals surface area contributed by atoms with E-state index in [1.54, 1.807) is 7.11 Å². The van der Waals surface area contributed by atoms with Crippen LogP contribution in [0.4, 0.5) is 0 Å². The highest BCUT2D eigenvalue weighted by molar-refractivity contribution is 5.27. The van der Waals surface area contributed by atoms with Gasteiger partial charge in [-0.15, -0.1) is 6.58 Å². The maximum absolute atomic E-state index is 5.56. The zero-order valence-electron chi connectivity index (χ0n) is 10.5. The normalized spacial score (nSPS) is 12.1. The number of ether oxygens (including phenoxy) is 1. The van der Waals surface area contributed by atoms with Crippen molar-refractivity contribution in [1.82, 2.24) is 5.43 Å². The fraction of sp³-hybridized carbons (Fsp3) is 0.429. The Balaban J connectivity index is 2.45. The lowest BCUT2D eigenvalue weighted by atomic mass is 10.0. The molecule has 0 bridgehead atoms. The predicted molar refractivity (Wildman–Crippen MR) is 71.9 cm³/mol. The molecule has 1 aromatic carbocycles. The zero-order chi connectivity index (χ0) is 12.5. The maximum Gasteiger partial charge on any atom is 0.118 e. The van der Waals surface area contributed by atoms with Crippen LogP contribution in [0, 0.1) is 0 Å². The Bertz CT molecular complexity index is 321. The molecule has 3 nitrogen and oxygen atoms in total. The Morgan fingerprint density at radius 3 is 2.65 bits per heavy atom. The van der Waals surface area contributed by atoms with Crippen molar-refractivity contribution >= 4 is 0 Å². The first-order valence-corrected chi connectivity index (χ1v) is 6.00. The molecule has 0 aromatic heterocycles. The van der Waals surface area contributed by atoms with Crippen LogP contribution in [-0.4, -0.2) is 13.2 Å². The molecule has 1 unspecified atom stereocenters. The Hall–Kier alpha value is -1.32. The zero-order valence-corrected chi connectivity index (χ0v) is 10.5. The van der Waals surface area contributed by atoms with Crippen molar-refractivity contribution in [3.8, 4) is 5.75 Å². The van der Waals surface area contributed by atoms with E-state index in [-0.39, 0.29) is 0 Å². The number of rotatable bonds is 8. The minimum atomic E-state index is 0.323. The molecule has 0 saturated carbocycles. The van der Waals surface area contributed by atoms with Crippen LogP contribution >= 0.6 is 0 Å². The Morgan fingerprint density at radius 1 is 1.41 bits per heavy atom. The third-order valence-corrected chi connectivity index (χ3v) is 2.84. The van der Waals surface area contributed by atoms with E-state index in [9.17, 15) is 0 Å². The Morgan fingerprint density at radius 2 is 2.12 bits per heavy atom. The number of allylic oxidation sites excluding steroid dienone is 1. The molecule has 17 heavy (non-hydrogen) atoms. The molecule has 0 amide bonds. The summed E-state index contributed by atoms with van der Waals surface area (Å²) >= 11 is 0. The molecule has 94 valence electrons. The number of methoxy groups -OCH3 is 1. The highest BCUT2D eigenvalue weighted by Gasteiger charge is 2.07. The summed E-state index contributed by atoms with van der Waals surface area (Å²) in [5.74, 6) is 6.45. The number of nitrogens with two attached hydrogens (primary N) is 1. The molecule has 0 aliphatic carbocycles. The van der Waals surface area contributed by atoms with Crippen LogP contribution in [0.15, 0.2) is 36.9 Å². The van der Waals surface area contributed by atoms with Crippen LogP contribution in [-0.2, 0) is 6.42 Å². The summed E-state index contributed by atoms with van der Waals surface area (Å²) in [6.45, 7) is 3.72. The third kappa shape index (κ3) is 5.02. The van der Waals surface area contributed by atoms with Crippen LogP contribution in [0.5, 0.6) is 5.75 Å². The largest absolute Gasteiger partial charge is 0.497 e. The third-order valence-electron chi connectivity index (χ3n) is 2.84. The van der Waals surface area contributed by atoms with Crippen molar-refractivity contribution in [1.29, 1.82) is 0 Å². The highest BCUT2D eigenvalue weighted by atomic mass is 16.5. The summed E-state index contributed by atoms with van der Waals surface area (Å²) in [4.78, 5) is 0. The fourth-order valence-electron chi connectivity index (χ4n) is 1.80. The van der Waals surface area contributed by atoms with Gasteiger partial charge in [0.15, 0.2) is 0 Å². The summed E-state index contributed by atoms with van der Waals surface area (Å²) < 4.78 is 5.13. The number of nitrogens with one attached hydrogen (secondary N) is 1. The predicted octanol–water partition coefficient (Wildman–Crippen LogP) is 2.43. The van der Waals surface area contributed by atoms with E-state index < -0.39 is 0 Å². The van der Waals surface area contributed by atoms with Crippen molar-refractivity contribution in [2.24, 2.45) is 5.84 Å². The monoisotopic (exact) mass is 234 g/mol. The van der Waals surface area contributed by atoms with Gasteiger partial charge in [-0.05, 0) is 43.4 Å². The first kappa shape index (κ1) is 13.7. The Kier molecular flexibility index (Phi) is 6.37. The van der Waals surface area contributed by atoms with Crippen molar-refractivity contribution in [2.45, 2.75) is 31.7 Å². The first-order chi connectivity index (χ1) is 8.30. The minimum absolute atomic E-state index is 0.323. The molecule has 3 N–H and O–H groups in total. The van der Waals surface area contributed by atoms with Crippen LogP contribution in [0.1, 0.15) is 24.8 Å². The molecular formula is C14H22N2O. The molecule has 0 aliphatic rings. The summed E-state index contributed by atoms with van der Waals surface area (Å²) in [6, 6.07) is 8.44. The van der Waals surface area contributed by atoms with Gasteiger partial charge in [0.1, 0.15) is 5.75 Å². The summed E-state index contributed by atoms with van der Waals surface area (Å²) in [5.41, 5.74) is 4.14. The van der Waals surface area contributed by atoms with Gasteiger partial charge < -0.3 is 4.74 Å². The van der Waals surface area contributed by atoms with Gasteiger partial charge in [-0.25, -0.2) is 0 Å². The summed E-state index contributed by atoms with van der Waals surface area (Å²) in [6.07, 6.45) is 6.11. The standard InChI is InChI=1S/C14H22N2O/c1-3-4-5-6-13(16-15)11-12-7-9-14(17-2)10-8-12/h3,7-10,13,16H,1,4-6,11,15H2,2H3. The van der Waals surface area contributed by atoms with Crippen LogP contribution in [0.3, 0.4) is 0 Å². The average molecular weight is 234 g/mol. The van der Waals surface area contributed by atoms with Gasteiger partial charge in [0.2, 0.25) is 0 Å². The van der Waals surface area contributed by atoms with Crippen molar-refractivity contribution in [2.75, 3.05) is 7.11 Å². The van der Waals surface area contributed by atoms with E-state index in [4.69, 9.17) is 10.6 Å². The van der Waals surface area contributed by atoms with Gasteiger partial charge in [0, 0.05) is 6.04 Å². The second-order valence-corrected chi connectivity index (χ2v) is 4.14. The van der Waals surface area contributed by atoms with Crippen molar-refractivity contribution in [3.63, 3.8) is 0 Å². The van der Waals surface area contributed by atoms with Crippen molar-refractivity contribution in [3.05, 3.63) is 42.5 Å². The molecule has 0 radical (unpaired) electrons. The molecule has 3 heteroatoms. The SMILES string of the molecule is C=CCCCC(Cc1ccc(OC)cc1)NN. The van der Waals surface area contributed by atoms with Gasteiger partial charge in [0.25, 0.3) is 0 Å². The number of unbranched alkanes of at least 4 members (excludes halogenated alkanes) is 1. The first-order valence-electron chi connectivity index (χ1n) is 6.00. The molecule has 0 spiro atoms. The lowest BCUT2D eigenvalue weighted by molar-refractivity contribution is 0.414. The molecule has 1 rings (SSSR count). The van der Waals surface area contributed by atoms with E-state index in [0.29, 0.717) is 6.04 Å². The van der Waals surface area contributed by atoms with E-state index >= 15 is 0 Å². The van der Waals surface area contributed by atoms with Crippen LogP contribution in [0.25, 0.3) is 0 Å². The second kappa shape index (κ2) is 7.87. The van der Waals surface area contributed by atoms with E-state index in [2.05, 4.69) is 24.1 Å². The highest BCUT2D eigenvalue weighted by Crippen LogP contribution is 2.14. The maximum atomic E-state index is 5.56. The summed E-state index contributed by atoms with van der Waals surface area (Å²) in [7, 11) is 1.68. The summed E-state index contributed by atoms with van der Waals surface area (Å²) in [5, 5.41) is 0. The van der Waals surface area contributed by atoms with Gasteiger partial charge in [-0.3, -0.25) is 11.3 Å². The smallest absolute Gasteiger partial charge is 0.118 e. The lowest BCUT2D eigenvalue weighted by Gasteiger charge is -2.15. The van der Waals surface area contributed by atoms with Gasteiger partial charge in [-0.1, -0.05) is 18.2 Å². The van der Waals surface area contributed by atoms with E-state index in [1.165, 1.54) is 5.56 Å². The van der Waals surface area contributed by atoms with E-state index in [1.807, 2.05) is 18.2 Å². The topological polar surface area (TPSA) is 47.3 Å². The number of hydrogen-bond acceptors (Lipinski definition) is 3. The number of benzene rings is 1. The van der Waals surface area contributed by atoms with Crippen LogP contribution in [0.2, 0.25) is 0 Å². The van der Waals surface area contributed by atoms with Crippen molar-refractivity contribution < 1.29 is 4.74 Å². The molecule has 1 atom stereocenters. The molecule has 1 aromatic rings. The van der Waals surface area contributed by atoms with Gasteiger partial charge >= 0.3 is 0 Å². The number of hydrogen-bond donors (Lipinski definition) is 2. The average Bonchev–Trinajstić information content (AvgIpc) is 2.38. The molecular weight excluding hydrogens is 212 g/mol. The molecule has 0 saturated heterocycles. The molecule has 0 heterocycles. The van der Waals surface area contributed by atoms with Gasteiger partial charge in [-0.2, -0.15) is 0 Å². The number of hydrazine groups is 1. The second-order valence-electron chi connectivity index (χ2n) is 4.14. The fourth-order valence-corrected chi connectivity index (χ4v) is 1.80. The Labute approximate surface area is 104 Å². The van der Waals surface area contributed by atoms with Crippen LogP contribution < -0.4 is 16.0 Å². The van der Waals surface area contributed by atoms with Gasteiger partial charge in [0.05, 0.1) is 7.11 Å². The van der Waals surface area contributed by atoms with E-state index in [0.717, 1.165) is 31.4 Å². The minimum Gasteiger partial charge on any atom is -0.497 e. The molecule has 0 fully saturated rings. The molecule has 0 aliphatic heterocycles.